The first-order valence-electron chi connectivity index (χ1n) is 6.71. The summed E-state index contributed by atoms with van der Waals surface area (Å²) in [5, 5.41) is 9.12. The molecule has 0 aliphatic rings. The van der Waals surface area contributed by atoms with Gasteiger partial charge in [0.05, 0.1) is 6.21 Å². The highest BCUT2D eigenvalue weighted by atomic mass is 16.2. The molecule has 110 valence electrons. The van der Waals surface area contributed by atoms with E-state index in [9.17, 15) is 9.59 Å². The monoisotopic (exact) mass is 286 g/mol. The zero-order valence-corrected chi connectivity index (χ0v) is 12.1. The van der Waals surface area contributed by atoms with E-state index < -0.39 is 0 Å². The van der Waals surface area contributed by atoms with E-state index in [0.717, 1.165) is 11.3 Å². The standard InChI is InChI=1S/C15H18N4O2/c1-10-3-5-12(6-4-10)9-16-18-14(20)8-7-13-11(2)17-19-15(13)21/h3-6,9H,7-8H2,1-2H3,(H,18,20)(H2,17,19,21). The Morgan fingerprint density at radius 1 is 1.24 bits per heavy atom. The molecule has 1 aromatic carbocycles. The van der Waals surface area contributed by atoms with Crippen LogP contribution in [0.25, 0.3) is 0 Å². The van der Waals surface area contributed by atoms with Crippen LogP contribution >= 0.6 is 0 Å². The Balaban J connectivity index is 1.82. The Kier molecular flexibility index (Phi) is 4.71. The molecule has 6 heteroatoms. The fourth-order valence-electron chi connectivity index (χ4n) is 1.90. The summed E-state index contributed by atoms with van der Waals surface area (Å²) in [6.07, 6.45) is 2.19. The van der Waals surface area contributed by atoms with E-state index in [4.69, 9.17) is 0 Å². The number of rotatable bonds is 5. The van der Waals surface area contributed by atoms with Crippen LogP contribution in [0.4, 0.5) is 0 Å². The second-order valence-corrected chi connectivity index (χ2v) is 4.89. The Morgan fingerprint density at radius 3 is 2.57 bits per heavy atom. The van der Waals surface area contributed by atoms with E-state index in [1.165, 1.54) is 5.56 Å². The van der Waals surface area contributed by atoms with Crippen molar-refractivity contribution in [3.8, 4) is 0 Å². The van der Waals surface area contributed by atoms with Gasteiger partial charge < -0.3 is 5.10 Å². The first-order valence-corrected chi connectivity index (χ1v) is 6.71. The van der Waals surface area contributed by atoms with Crippen LogP contribution in [-0.2, 0) is 11.2 Å². The third-order valence-electron chi connectivity index (χ3n) is 3.17. The van der Waals surface area contributed by atoms with Gasteiger partial charge in [0.1, 0.15) is 0 Å². The van der Waals surface area contributed by atoms with Gasteiger partial charge in [-0.2, -0.15) is 5.10 Å². The summed E-state index contributed by atoms with van der Waals surface area (Å²) in [7, 11) is 0. The predicted octanol–water partition coefficient (Wildman–Crippen LogP) is 1.40. The third kappa shape index (κ3) is 4.17. The smallest absolute Gasteiger partial charge is 0.267 e. The summed E-state index contributed by atoms with van der Waals surface area (Å²) in [6, 6.07) is 7.80. The number of H-pyrrole nitrogens is 2. The molecule has 3 N–H and O–H groups in total. The molecular weight excluding hydrogens is 268 g/mol. The number of carbonyl (C=O) groups excluding carboxylic acids is 1. The predicted molar refractivity (Wildman–Crippen MR) is 81.4 cm³/mol. The second kappa shape index (κ2) is 6.69. The lowest BCUT2D eigenvalue weighted by Gasteiger charge is -1.99. The topological polar surface area (TPSA) is 90.1 Å². The minimum absolute atomic E-state index is 0.177. The van der Waals surface area contributed by atoms with Crippen LogP contribution < -0.4 is 11.0 Å². The van der Waals surface area contributed by atoms with Crippen LogP contribution in [-0.4, -0.2) is 22.3 Å². The summed E-state index contributed by atoms with van der Waals surface area (Å²) in [5.74, 6) is -0.224. The van der Waals surface area contributed by atoms with Gasteiger partial charge in [-0.15, -0.1) is 0 Å². The Bertz CT molecular complexity index is 695. The van der Waals surface area contributed by atoms with Crippen LogP contribution in [0, 0.1) is 13.8 Å². The first-order chi connectivity index (χ1) is 10.1. The number of aromatic amines is 2. The van der Waals surface area contributed by atoms with Crippen molar-refractivity contribution in [1.29, 1.82) is 0 Å². The van der Waals surface area contributed by atoms with E-state index in [2.05, 4.69) is 20.7 Å². The maximum atomic E-state index is 11.7. The van der Waals surface area contributed by atoms with E-state index >= 15 is 0 Å². The summed E-state index contributed by atoms with van der Waals surface area (Å²) in [4.78, 5) is 23.1. The average molecular weight is 286 g/mol. The Morgan fingerprint density at radius 2 is 1.95 bits per heavy atom. The van der Waals surface area contributed by atoms with E-state index in [1.54, 1.807) is 13.1 Å². The number of carbonyl (C=O) groups is 1. The number of aromatic nitrogens is 2. The van der Waals surface area contributed by atoms with Gasteiger partial charge in [0.25, 0.3) is 5.56 Å². The number of nitrogens with one attached hydrogen (secondary N) is 3. The van der Waals surface area contributed by atoms with Crippen molar-refractivity contribution in [2.75, 3.05) is 0 Å². The fraction of sp³-hybridized carbons (Fsp3) is 0.267. The molecule has 0 saturated carbocycles. The largest absolute Gasteiger partial charge is 0.302 e. The molecule has 0 aliphatic heterocycles. The maximum absolute atomic E-state index is 11.7. The fourth-order valence-corrected chi connectivity index (χ4v) is 1.90. The molecule has 0 unspecified atom stereocenters. The van der Waals surface area contributed by atoms with E-state index in [1.807, 2.05) is 31.2 Å². The molecule has 0 radical (unpaired) electrons. The van der Waals surface area contributed by atoms with Crippen LogP contribution in [0.15, 0.2) is 34.2 Å². The number of hydrogen-bond donors (Lipinski definition) is 3. The molecule has 21 heavy (non-hydrogen) atoms. The average Bonchev–Trinajstić information content (AvgIpc) is 2.78. The van der Waals surface area contributed by atoms with E-state index in [-0.39, 0.29) is 17.9 Å². The summed E-state index contributed by atoms with van der Waals surface area (Å²) in [5.41, 5.74) is 5.73. The quantitative estimate of drug-likeness (QED) is 0.573. The number of aryl methyl sites for hydroxylation is 2. The number of nitrogens with zero attached hydrogens (tertiary/aromatic N) is 1. The number of amides is 1. The third-order valence-corrected chi connectivity index (χ3v) is 3.17. The normalized spacial score (nSPS) is 11.0. The zero-order valence-electron chi connectivity index (χ0n) is 12.1. The van der Waals surface area contributed by atoms with Crippen LogP contribution in [0.3, 0.4) is 0 Å². The van der Waals surface area contributed by atoms with Gasteiger partial charge >= 0.3 is 0 Å². The van der Waals surface area contributed by atoms with Gasteiger partial charge in [0, 0.05) is 17.7 Å². The van der Waals surface area contributed by atoms with Gasteiger partial charge in [-0.25, -0.2) is 5.43 Å². The van der Waals surface area contributed by atoms with Crippen molar-refractivity contribution in [1.82, 2.24) is 15.6 Å². The molecule has 1 heterocycles. The Labute approximate surface area is 122 Å². The van der Waals surface area contributed by atoms with Crippen molar-refractivity contribution in [2.45, 2.75) is 26.7 Å². The van der Waals surface area contributed by atoms with Gasteiger partial charge in [-0.05, 0) is 25.8 Å². The molecule has 0 spiro atoms. The molecule has 0 fully saturated rings. The van der Waals surface area contributed by atoms with Gasteiger partial charge in [-0.1, -0.05) is 29.8 Å². The molecule has 0 atom stereocenters. The molecular formula is C15H18N4O2. The first kappa shape index (κ1) is 14.8. The minimum atomic E-state index is -0.224. The van der Waals surface area contributed by atoms with Crippen LogP contribution in [0.1, 0.15) is 28.8 Å². The van der Waals surface area contributed by atoms with Crippen molar-refractivity contribution < 1.29 is 4.79 Å². The van der Waals surface area contributed by atoms with Crippen molar-refractivity contribution >= 4 is 12.1 Å². The molecule has 0 saturated heterocycles. The lowest BCUT2D eigenvalue weighted by atomic mass is 10.1. The SMILES string of the molecule is Cc1ccc(C=NNC(=O)CCc2c(C)[nH][nH]c2=O)cc1. The summed E-state index contributed by atoms with van der Waals surface area (Å²) < 4.78 is 0. The second-order valence-electron chi connectivity index (χ2n) is 4.89. The highest BCUT2D eigenvalue weighted by molar-refractivity contribution is 5.82. The number of hydrazone groups is 1. The van der Waals surface area contributed by atoms with Crippen molar-refractivity contribution in [2.24, 2.45) is 5.10 Å². The van der Waals surface area contributed by atoms with Crippen LogP contribution in [0.5, 0.6) is 0 Å². The molecule has 2 rings (SSSR count). The zero-order chi connectivity index (χ0) is 15.2. The van der Waals surface area contributed by atoms with Gasteiger partial charge in [0.15, 0.2) is 0 Å². The highest BCUT2D eigenvalue weighted by Gasteiger charge is 2.08. The van der Waals surface area contributed by atoms with Gasteiger partial charge in [0.2, 0.25) is 5.91 Å². The number of hydrogen-bond acceptors (Lipinski definition) is 3. The summed E-state index contributed by atoms with van der Waals surface area (Å²) >= 11 is 0. The molecule has 0 aliphatic carbocycles. The molecule has 1 amide bonds. The molecule has 6 nitrogen and oxygen atoms in total. The molecule has 0 bridgehead atoms. The molecule has 2 aromatic rings. The van der Waals surface area contributed by atoms with Crippen molar-refractivity contribution in [3.05, 3.63) is 57.0 Å². The lowest BCUT2D eigenvalue weighted by Crippen LogP contribution is -2.19. The summed E-state index contributed by atoms with van der Waals surface area (Å²) in [6.45, 7) is 3.80. The highest BCUT2D eigenvalue weighted by Crippen LogP contribution is 2.01. The van der Waals surface area contributed by atoms with E-state index in [0.29, 0.717) is 12.0 Å². The number of benzene rings is 1. The minimum Gasteiger partial charge on any atom is -0.302 e. The van der Waals surface area contributed by atoms with Crippen molar-refractivity contribution in [3.63, 3.8) is 0 Å². The lowest BCUT2D eigenvalue weighted by molar-refractivity contribution is -0.121. The van der Waals surface area contributed by atoms with Crippen LogP contribution in [0.2, 0.25) is 0 Å². The van der Waals surface area contributed by atoms with Gasteiger partial charge in [-0.3, -0.25) is 14.7 Å². The molecule has 1 aromatic heterocycles. The Hall–Kier alpha value is -2.63. The maximum Gasteiger partial charge on any atom is 0.267 e.